The van der Waals surface area contributed by atoms with Crippen LogP contribution in [0, 0.1) is 5.92 Å². The Hall–Kier alpha value is -1.69. The standard InChI is InChI=1S/C16H20N4OS/c17-14(21)10-4-3-7-20(8-10)15-13-11-5-1-2-6-12(11)22-16(13)19-9-18-15/h9-10H,1-8H2,(H2,17,21)/t10-/m0/s1. The molecule has 1 fully saturated rings. The van der Waals surface area contributed by atoms with Crippen LogP contribution in [0.15, 0.2) is 6.33 Å². The summed E-state index contributed by atoms with van der Waals surface area (Å²) < 4.78 is 0. The lowest BCUT2D eigenvalue weighted by Crippen LogP contribution is -2.41. The van der Waals surface area contributed by atoms with Crippen LogP contribution in [0.25, 0.3) is 10.2 Å². The van der Waals surface area contributed by atoms with E-state index in [1.165, 1.54) is 35.1 Å². The number of aromatic nitrogens is 2. The zero-order chi connectivity index (χ0) is 15.1. The summed E-state index contributed by atoms with van der Waals surface area (Å²) in [6.45, 7) is 1.63. The first kappa shape index (κ1) is 13.9. The average Bonchev–Trinajstić information content (AvgIpc) is 2.93. The predicted molar refractivity (Wildman–Crippen MR) is 88.2 cm³/mol. The van der Waals surface area contributed by atoms with Crippen molar-refractivity contribution in [2.45, 2.75) is 38.5 Å². The molecule has 2 N–H and O–H groups in total. The number of amides is 1. The quantitative estimate of drug-likeness (QED) is 0.922. The summed E-state index contributed by atoms with van der Waals surface area (Å²) in [4.78, 5) is 25.4. The van der Waals surface area contributed by atoms with Crippen molar-refractivity contribution in [1.82, 2.24) is 9.97 Å². The van der Waals surface area contributed by atoms with Gasteiger partial charge < -0.3 is 10.6 Å². The molecule has 0 bridgehead atoms. The highest BCUT2D eigenvalue weighted by Gasteiger charge is 2.28. The van der Waals surface area contributed by atoms with Crippen molar-refractivity contribution in [3.8, 4) is 0 Å². The summed E-state index contributed by atoms with van der Waals surface area (Å²) in [6.07, 6.45) is 8.36. The molecule has 22 heavy (non-hydrogen) atoms. The number of primary amides is 1. The lowest BCUT2D eigenvalue weighted by molar-refractivity contribution is -0.122. The molecular formula is C16H20N4OS. The molecule has 0 radical (unpaired) electrons. The first-order chi connectivity index (χ1) is 10.7. The van der Waals surface area contributed by atoms with Crippen molar-refractivity contribution < 1.29 is 4.79 Å². The molecule has 1 aliphatic carbocycles. The molecule has 1 atom stereocenters. The second-order valence-corrected chi connectivity index (χ2v) is 7.36. The number of thiophene rings is 1. The molecular weight excluding hydrogens is 296 g/mol. The fraction of sp³-hybridized carbons (Fsp3) is 0.562. The van der Waals surface area contributed by atoms with Gasteiger partial charge in [-0.3, -0.25) is 4.79 Å². The van der Waals surface area contributed by atoms with Gasteiger partial charge in [-0.15, -0.1) is 11.3 Å². The minimum Gasteiger partial charge on any atom is -0.369 e. The monoisotopic (exact) mass is 316 g/mol. The van der Waals surface area contributed by atoms with Gasteiger partial charge in [0.05, 0.1) is 11.3 Å². The molecule has 0 unspecified atom stereocenters. The Morgan fingerprint density at radius 2 is 2.14 bits per heavy atom. The number of piperidine rings is 1. The molecule has 3 heterocycles. The number of carbonyl (C=O) groups excluding carboxylic acids is 1. The summed E-state index contributed by atoms with van der Waals surface area (Å²) in [6, 6.07) is 0. The van der Waals surface area contributed by atoms with Crippen molar-refractivity contribution in [3.05, 3.63) is 16.8 Å². The fourth-order valence-electron chi connectivity index (χ4n) is 3.72. The molecule has 0 spiro atoms. The highest BCUT2D eigenvalue weighted by Crippen LogP contribution is 2.39. The van der Waals surface area contributed by atoms with E-state index in [9.17, 15) is 4.79 Å². The number of nitrogens with zero attached hydrogens (tertiary/aromatic N) is 3. The van der Waals surface area contributed by atoms with Gasteiger partial charge in [0.15, 0.2) is 0 Å². The van der Waals surface area contributed by atoms with E-state index in [4.69, 9.17) is 5.73 Å². The Balaban J connectivity index is 1.78. The maximum atomic E-state index is 11.5. The lowest BCUT2D eigenvalue weighted by atomic mass is 9.95. The average molecular weight is 316 g/mol. The van der Waals surface area contributed by atoms with E-state index >= 15 is 0 Å². The minimum atomic E-state index is -0.192. The highest BCUT2D eigenvalue weighted by molar-refractivity contribution is 7.19. The Morgan fingerprint density at radius 1 is 1.27 bits per heavy atom. The van der Waals surface area contributed by atoms with Crippen LogP contribution in [0.5, 0.6) is 0 Å². The van der Waals surface area contributed by atoms with Gasteiger partial charge in [0.1, 0.15) is 17.0 Å². The van der Waals surface area contributed by atoms with Crippen molar-refractivity contribution in [2.75, 3.05) is 18.0 Å². The van der Waals surface area contributed by atoms with E-state index in [2.05, 4.69) is 14.9 Å². The minimum absolute atomic E-state index is 0.0618. The van der Waals surface area contributed by atoms with Crippen LogP contribution in [0.1, 0.15) is 36.1 Å². The van der Waals surface area contributed by atoms with Gasteiger partial charge >= 0.3 is 0 Å². The number of rotatable bonds is 2. The third-order valence-corrected chi connectivity index (χ3v) is 6.05. The first-order valence-corrected chi connectivity index (χ1v) is 8.85. The van der Waals surface area contributed by atoms with Crippen LogP contribution in [-0.4, -0.2) is 29.0 Å². The Kier molecular flexibility index (Phi) is 3.48. The van der Waals surface area contributed by atoms with E-state index in [0.717, 1.165) is 36.5 Å². The number of carbonyl (C=O) groups is 1. The molecule has 2 aromatic heterocycles. The van der Waals surface area contributed by atoms with E-state index in [1.54, 1.807) is 6.33 Å². The smallest absolute Gasteiger partial charge is 0.222 e. The molecule has 116 valence electrons. The molecule has 1 saturated heterocycles. The van der Waals surface area contributed by atoms with Gasteiger partial charge in [0, 0.05) is 18.0 Å². The van der Waals surface area contributed by atoms with Gasteiger partial charge in [-0.2, -0.15) is 0 Å². The largest absolute Gasteiger partial charge is 0.369 e. The summed E-state index contributed by atoms with van der Waals surface area (Å²) >= 11 is 1.82. The normalized spacial score (nSPS) is 21.8. The highest BCUT2D eigenvalue weighted by atomic mass is 32.1. The Labute approximate surface area is 133 Å². The molecule has 2 aliphatic rings. The SMILES string of the molecule is NC(=O)[C@H]1CCCN(c2ncnc3sc4c(c23)CCCC4)C1. The molecule has 2 aromatic rings. The van der Waals surface area contributed by atoms with Crippen molar-refractivity contribution in [3.63, 3.8) is 0 Å². The number of hydrogen-bond donors (Lipinski definition) is 1. The third kappa shape index (κ3) is 2.26. The lowest BCUT2D eigenvalue weighted by Gasteiger charge is -2.32. The summed E-state index contributed by atoms with van der Waals surface area (Å²) in [5.74, 6) is 0.755. The Morgan fingerprint density at radius 3 is 3.00 bits per heavy atom. The summed E-state index contributed by atoms with van der Waals surface area (Å²) in [5, 5.41) is 1.23. The third-order valence-electron chi connectivity index (χ3n) is 4.85. The Bertz CT molecular complexity index is 726. The molecule has 5 nitrogen and oxygen atoms in total. The van der Waals surface area contributed by atoms with Crippen molar-refractivity contribution in [2.24, 2.45) is 11.7 Å². The van der Waals surface area contributed by atoms with Crippen molar-refractivity contribution in [1.29, 1.82) is 0 Å². The van der Waals surface area contributed by atoms with Gasteiger partial charge in [0.25, 0.3) is 0 Å². The fourth-order valence-corrected chi connectivity index (χ4v) is 4.94. The number of nitrogens with two attached hydrogens (primary N) is 1. The molecule has 6 heteroatoms. The molecule has 1 amide bonds. The maximum Gasteiger partial charge on any atom is 0.222 e. The second-order valence-electron chi connectivity index (χ2n) is 6.28. The van der Waals surface area contributed by atoms with E-state index in [-0.39, 0.29) is 11.8 Å². The zero-order valence-electron chi connectivity index (χ0n) is 12.5. The molecule has 4 rings (SSSR count). The zero-order valence-corrected chi connectivity index (χ0v) is 13.4. The first-order valence-electron chi connectivity index (χ1n) is 8.03. The number of fused-ring (bicyclic) bond motifs is 3. The van der Waals surface area contributed by atoms with Gasteiger partial charge in [0.2, 0.25) is 5.91 Å². The topological polar surface area (TPSA) is 72.1 Å². The number of aryl methyl sites for hydroxylation is 2. The van der Waals surface area contributed by atoms with Crippen LogP contribution in [0.3, 0.4) is 0 Å². The van der Waals surface area contributed by atoms with Crippen LogP contribution in [0.4, 0.5) is 5.82 Å². The van der Waals surface area contributed by atoms with E-state index in [0.29, 0.717) is 6.54 Å². The number of hydrogen-bond acceptors (Lipinski definition) is 5. The van der Waals surface area contributed by atoms with Crippen LogP contribution in [-0.2, 0) is 17.6 Å². The van der Waals surface area contributed by atoms with Crippen LogP contribution < -0.4 is 10.6 Å². The van der Waals surface area contributed by atoms with Crippen LogP contribution >= 0.6 is 11.3 Å². The van der Waals surface area contributed by atoms with E-state index in [1.807, 2.05) is 11.3 Å². The second kappa shape index (κ2) is 5.50. The molecule has 0 aromatic carbocycles. The number of anilines is 1. The summed E-state index contributed by atoms with van der Waals surface area (Å²) in [7, 11) is 0. The van der Waals surface area contributed by atoms with Gasteiger partial charge in [-0.05, 0) is 44.1 Å². The van der Waals surface area contributed by atoms with Gasteiger partial charge in [-0.1, -0.05) is 0 Å². The van der Waals surface area contributed by atoms with E-state index < -0.39 is 0 Å². The van der Waals surface area contributed by atoms with Crippen molar-refractivity contribution >= 4 is 33.3 Å². The van der Waals surface area contributed by atoms with Gasteiger partial charge in [-0.25, -0.2) is 9.97 Å². The molecule has 0 saturated carbocycles. The predicted octanol–water partition coefficient (Wildman–Crippen LogP) is 2.27. The molecule has 1 aliphatic heterocycles. The van der Waals surface area contributed by atoms with Crippen LogP contribution in [0.2, 0.25) is 0 Å². The summed E-state index contributed by atoms with van der Waals surface area (Å²) in [5.41, 5.74) is 6.96. The maximum absolute atomic E-state index is 11.5.